The van der Waals surface area contributed by atoms with E-state index in [0.717, 1.165) is 5.56 Å². The van der Waals surface area contributed by atoms with E-state index in [1.54, 1.807) is 6.07 Å². The van der Waals surface area contributed by atoms with Crippen molar-refractivity contribution in [1.29, 1.82) is 0 Å². The van der Waals surface area contributed by atoms with Gasteiger partial charge in [0.05, 0.1) is 13.2 Å². The molecule has 0 bridgehead atoms. The predicted octanol–water partition coefficient (Wildman–Crippen LogP) is 2.13. The highest BCUT2D eigenvalue weighted by molar-refractivity contribution is 7.80. The summed E-state index contributed by atoms with van der Waals surface area (Å²) < 4.78 is 16.3. The molecule has 0 aromatic heterocycles. The summed E-state index contributed by atoms with van der Waals surface area (Å²) in [5.74, 6) is 1.33. The first-order valence-electron chi connectivity index (χ1n) is 5.96. The van der Waals surface area contributed by atoms with Crippen LogP contribution in [0.1, 0.15) is 19.4 Å². The molecule has 0 radical (unpaired) electrons. The van der Waals surface area contributed by atoms with Crippen molar-refractivity contribution in [3.05, 3.63) is 23.8 Å². The summed E-state index contributed by atoms with van der Waals surface area (Å²) in [5, 5.41) is 0. The largest absolute Gasteiger partial charge is 0.490 e. The van der Waals surface area contributed by atoms with Crippen LogP contribution in [0, 0.1) is 0 Å². The predicted molar refractivity (Wildman–Crippen MR) is 75.5 cm³/mol. The second-order valence-electron chi connectivity index (χ2n) is 3.50. The normalized spacial score (nSPS) is 10.1. The fraction of sp³-hybridized carbons (Fsp3) is 0.462. The molecule has 1 rings (SSSR count). The van der Waals surface area contributed by atoms with Gasteiger partial charge in [-0.2, -0.15) is 0 Å². The average molecular weight is 269 g/mol. The molecule has 2 N–H and O–H groups in total. The summed E-state index contributed by atoms with van der Waals surface area (Å²) in [6.07, 6.45) is 0. The van der Waals surface area contributed by atoms with Crippen LogP contribution in [-0.4, -0.2) is 31.4 Å². The maximum atomic E-state index is 5.59. The highest BCUT2D eigenvalue weighted by Crippen LogP contribution is 2.28. The summed E-state index contributed by atoms with van der Waals surface area (Å²) in [6.45, 7) is 6.14. The topological polar surface area (TPSA) is 53.7 Å². The van der Waals surface area contributed by atoms with E-state index < -0.39 is 0 Å². The van der Waals surface area contributed by atoms with Crippen molar-refractivity contribution < 1.29 is 14.2 Å². The van der Waals surface area contributed by atoms with E-state index in [9.17, 15) is 0 Å². The van der Waals surface area contributed by atoms with Gasteiger partial charge >= 0.3 is 0 Å². The Morgan fingerprint density at radius 2 is 1.89 bits per heavy atom. The highest BCUT2D eigenvalue weighted by atomic mass is 32.1. The molecule has 0 amide bonds. The second kappa shape index (κ2) is 7.89. The summed E-state index contributed by atoms with van der Waals surface area (Å²) >= 11 is 4.93. The second-order valence-corrected chi connectivity index (χ2v) is 3.94. The zero-order chi connectivity index (χ0) is 13.4. The molecule has 0 fully saturated rings. The minimum atomic E-state index is 0.344. The van der Waals surface area contributed by atoms with E-state index in [0.29, 0.717) is 42.9 Å². The van der Waals surface area contributed by atoms with Crippen molar-refractivity contribution in [3.8, 4) is 11.5 Å². The van der Waals surface area contributed by atoms with E-state index in [1.807, 2.05) is 26.0 Å². The van der Waals surface area contributed by atoms with Crippen LogP contribution in [0.3, 0.4) is 0 Å². The van der Waals surface area contributed by atoms with Crippen LogP contribution in [0.2, 0.25) is 0 Å². The number of hydrogen-bond donors (Lipinski definition) is 1. The van der Waals surface area contributed by atoms with Crippen molar-refractivity contribution in [3.63, 3.8) is 0 Å². The number of thiocarbonyl (C=S) groups is 1. The molecule has 1 aromatic rings. The summed E-state index contributed by atoms with van der Waals surface area (Å²) in [5.41, 5.74) is 6.35. The van der Waals surface area contributed by atoms with Crippen LogP contribution in [0.5, 0.6) is 11.5 Å². The van der Waals surface area contributed by atoms with Crippen molar-refractivity contribution in [2.24, 2.45) is 5.73 Å². The van der Waals surface area contributed by atoms with Gasteiger partial charge in [-0.25, -0.2) is 0 Å². The molecule has 100 valence electrons. The Hall–Kier alpha value is -1.33. The zero-order valence-electron chi connectivity index (χ0n) is 10.8. The van der Waals surface area contributed by atoms with Crippen molar-refractivity contribution in [2.75, 3.05) is 26.4 Å². The molecule has 0 heterocycles. The van der Waals surface area contributed by atoms with Crippen LogP contribution in [0.25, 0.3) is 0 Å². The number of hydrogen-bond acceptors (Lipinski definition) is 4. The summed E-state index contributed by atoms with van der Waals surface area (Å²) in [7, 11) is 0. The van der Waals surface area contributed by atoms with Crippen molar-refractivity contribution in [1.82, 2.24) is 0 Å². The molecule has 0 aliphatic carbocycles. The molecule has 0 atom stereocenters. The Morgan fingerprint density at radius 3 is 2.50 bits per heavy atom. The highest BCUT2D eigenvalue weighted by Gasteiger charge is 2.07. The minimum Gasteiger partial charge on any atom is -0.490 e. The zero-order valence-corrected chi connectivity index (χ0v) is 11.6. The lowest BCUT2D eigenvalue weighted by Crippen LogP contribution is -2.11. The monoisotopic (exact) mass is 269 g/mol. The molecular formula is C13H19NO3S. The molecule has 5 heteroatoms. The maximum Gasteiger partial charge on any atom is 0.161 e. The van der Waals surface area contributed by atoms with Gasteiger partial charge in [-0.1, -0.05) is 12.2 Å². The third-order valence-corrected chi connectivity index (χ3v) is 2.45. The first kappa shape index (κ1) is 14.7. The molecule has 1 aromatic carbocycles. The summed E-state index contributed by atoms with van der Waals surface area (Å²) in [6, 6.07) is 5.42. The quantitative estimate of drug-likeness (QED) is 0.579. The Morgan fingerprint density at radius 1 is 1.11 bits per heavy atom. The third kappa shape index (κ3) is 4.50. The molecule has 0 saturated heterocycles. The number of nitrogens with two attached hydrogens (primary N) is 1. The Balaban J connectivity index is 2.73. The van der Waals surface area contributed by atoms with Gasteiger partial charge < -0.3 is 19.9 Å². The number of rotatable bonds is 8. The van der Waals surface area contributed by atoms with E-state index in [1.165, 1.54) is 0 Å². The van der Waals surface area contributed by atoms with Gasteiger partial charge in [0.1, 0.15) is 11.6 Å². The van der Waals surface area contributed by atoms with Gasteiger partial charge in [0.2, 0.25) is 0 Å². The molecule has 18 heavy (non-hydrogen) atoms. The lowest BCUT2D eigenvalue weighted by atomic mass is 10.2. The van der Waals surface area contributed by atoms with Gasteiger partial charge in [0.25, 0.3) is 0 Å². The minimum absolute atomic E-state index is 0.344. The molecule has 0 spiro atoms. The van der Waals surface area contributed by atoms with Gasteiger partial charge in [-0.3, -0.25) is 0 Å². The summed E-state index contributed by atoms with van der Waals surface area (Å²) in [4.78, 5) is 0.344. The van der Waals surface area contributed by atoms with Crippen molar-refractivity contribution in [2.45, 2.75) is 13.8 Å². The van der Waals surface area contributed by atoms with Crippen LogP contribution < -0.4 is 15.2 Å². The Bertz CT molecular complexity index is 396. The van der Waals surface area contributed by atoms with Crippen LogP contribution in [-0.2, 0) is 4.74 Å². The maximum absolute atomic E-state index is 5.59. The van der Waals surface area contributed by atoms with Gasteiger partial charge in [-0.05, 0) is 32.0 Å². The van der Waals surface area contributed by atoms with Gasteiger partial charge in [-0.15, -0.1) is 0 Å². The van der Waals surface area contributed by atoms with Crippen LogP contribution >= 0.6 is 12.2 Å². The molecule has 0 aliphatic rings. The SMILES string of the molecule is CCOCCOc1ccc(C(N)=S)cc1OCC. The smallest absolute Gasteiger partial charge is 0.161 e. The number of benzene rings is 1. The van der Waals surface area contributed by atoms with Crippen LogP contribution in [0.4, 0.5) is 0 Å². The van der Waals surface area contributed by atoms with Gasteiger partial charge in [0.15, 0.2) is 11.5 Å². The van der Waals surface area contributed by atoms with E-state index in [4.69, 9.17) is 32.2 Å². The Labute approximate surface area is 113 Å². The lowest BCUT2D eigenvalue weighted by molar-refractivity contribution is 0.108. The fourth-order valence-corrected chi connectivity index (χ4v) is 1.53. The van der Waals surface area contributed by atoms with E-state index in [2.05, 4.69) is 0 Å². The molecule has 0 aliphatic heterocycles. The van der Waals surface area contributed by atoms with Crippen LogP contribution in [0.15, 0.2) is 18.2 Å². The lowest BCUT2D eigenvalue weighted by Gasteiger charge is -2.13. The average Bonchev–Trinajstić information content (AvgIpc) is 2.36. The standard InChI is InChI=1S/C13H19NO3S/c1-3-15-7-8-17-11-6-5-10(13(14)18)9-12(11)16-4-2/h5-6,9H,3-4,7-8H2,1-2H3,(H2,14,18). The van der Waals surface area contributed by atoms with E-state index in [-0.39, 0.29) is 0 Å². The third-order valence-electron chi connectivity index (χ3n) is 2.22. The van der Waals surface area contributed by atoms with Gasteiger partial charge in [0, 0.05) is 12.2 Å². The number of ether oxygens (including phenoxy) is 3. The van der Waals surface area contributed by atoms with Crippen molar-refractivity contribution >= 4 is 17.2 Å². The first-order valence-corrected chi connectivity index (χ1v) is 6.37. The first-order chi connectivity index (χ1) is 8.69. The molecule has 0 unspecified atom stereocenters. The molecule has 0 saturated carbocycles. The Kier molecular flexibility index (Phi) is 6.46. The van der Waals surface area contributed by atoms with E-state index >= 15 is 0 Å². The molecular weight excluding hydrogens is 250 g/mol. The fourth-order valence-electron chi connectivity index (χ4n) is 1.40. The molecule has 4 nitrogen and oxygen atoms in total.